The number of Topliss-reactive ketones (excluding diaryl/α,β-unsaturated/α-hetero) is 1. The number of aromatic nitrogens is 3. The summed E-state index contributed by atoms with van der Waals surface area (Å²) in [5.74, 6) is 0.480. The van der Waals surface area contributed by atoms with E-state index in [-0.39, 0.29) is 5.78 Å². The number of hydrogen-bond acceptors (Lipinski definition) is 5. The highest BCUT2D eigenvalue weighted by Crippen LogP contribution is 2.40. The van der Waals surface area contributed by atoms with E-state index in [0.29, 0.717) is 10.8 Å². The molecule has 1 aliphatic carbocycles. The molecule has 0 atom stereocenters. The van der Waals surface area contributed by atoms with Crippen molar-refractivity contribution < 1.29 is 4.79 Å². The smallest absolute Gasteiger partial charge is 0.174 e. The van der Waals surface area contributed by atoms with E-state index in [2.05, 4.69) is 14.5 Å². The van der Waals surface area contributed by atoms with E-state index in [1.165, 1.54) is 34.0 Å². The number of rotatable bonds is 5. The van der Waals surface area contributed by atoms with Crippen molar-refractivity contribution >= 4 is 50.7 Å². The van der Waals surface area contributed by atoms with Gasteiger partial charge in [-0.25, -0.2) is 9.97 Å². The van der Waals surface area contributed by atoms with E-state index >= 15 is 0 Å². The Bertz CT molecular complexity index is 1270. The number of thioether (sulfide) groups is 1. The van der Waals surface area contributed by atoms with Gasteiger partial charge in [-0.05, 0) is 69.0 Å². The Balaban J connectivity index is 1.41. The van der Waals surface area contributed by atoms with Crippen molar-refractivity contribution in [2.45, 2.75) is 38.1 Å². The van der Waals surface area contributed by atoms with Gasteiger partial charge in [0.2, 0.25) is 0 Å². The molecule has 0 radical (unpaired) electrons. The van der Waals surface area contributed by atoms with Crippen molar-refractivity contribution in [1.82, 2.24) is 14.5 Å². The third-order valence-electron chi connectivity index (χ3n) is 5.62. The molecule has 152 valence electrons. The first-order valence-electron chi connectivity index (χ1n) is 9.89. The van der Waals surface area contributed by atoms with Crippen LogP contribution in [0, 0.1) is 13.8 Å². The topological polar surface area (TPSA) is 47.8 Å². The predicted octanol–water partition coefficient (Wildman–Crippen LogP) is 6.22. The van der Waals surface area contributed by atoms with Crippen LogP contribution < -0.4 is 0 Å². The van der Waals surface area contributed by atoms with Gasteiger partial charge in [0.25, 0.3) is 0 Å². The number of hydrogen-bond donors (Lipinski definition) is 0. The van der Waals surface area contributed by atoms with Crippen LogP contribution in [0.15, 0.2) is 41.7 Å². The molecule has 1 aromatic carbocycles. The van der Waals surface area contributed by atoms with Gasteiger partial charge in [0.1, 0.15) is 16.2 Å². The lowest BCUT2D eigenvalue weighted by atomic mass is 10.2. The van der Waals surface area contributed by atoms with Gasteiger partial charge in [-0.3, -0.25) is 4.79 Å². The molecule has 0 bridgehead atoms. The van der Waals surface area contributed by atoms with Gasteiger partial charge in [-0.1, -0.05) is 23.4 Å². The lowest BCUT2D eigenvalue weighted by Crippen LogP contribution is -2.06. The maximum atomic E-state index is 13.1. The van der Waals surface area contributed by atoms with Gasteiger partial charge in [-0.2, -0.15) is 0 Å². The zero-order valence-corrected chi connectivity index (χ0v) is 19.1. The molecule has 4 nitrogen and oxygen atoms in total. The van der Waals surface area contributed by atoms with Gasteiger partial charge in [0.05, 0.1) is 5.75 Å². The SMILES string of the molecule is Cc1cc(C(=O)CSc2ncnc3sc4c(c23)CCC4)c(C)n1-c1ccc(Cl)cc1. The Hall–Kier alpha value is -2.15. The maximum absolute atomic E-state index is 13.1. The molecular formula is C23H20ClN3OS2. The van der Waals surface area contributed by atoms with Crippen LogP contribution in [-0.4, -0.2) is 26.1 Å². The average Bonchev–Trinajstić information content (AvgIpc) is 3.40. The molecule has 5 rings (SSSR count). The van der Waals surface area contributed by atoms with Crippen molar-refractivity contribution in [2.75, 3.05) is 5.75 Å². The molecule has 4 aromatic rings. The summed E-state index contributed by atoms with van der Waals surface area (Å²) in [5, 5.41) is 2.80. The average molecular weight is 454 g/mol. The molecule has 0 unspecified atom stereocenters. The van der Waals surface area contributed by atoms with E-state index in [9.17, 15) is 4.79 Å². The summed E-state index contributed by atoms with van der Waals surface area (Å²) in [4.78, 5) is 24.6. The van der Waals surface area contributed by atoms with E-state index in [0.717, 1.165) is 45.3 Å². The highest BCUT2D eigenvalue weighted by atomic mass is 35.5. The summed E-state index contributed by atoms with van der Waals surface area (Å²) in [6.45, 7) is 4.02. The number of nitrogens with zero attached hydrogens (tertiary/aromatic N) is 3. The van der Waals surface area contributed by atoms with Gasteiger partial charge >= 0.3 is 0 Å². The summed E-state index contributed by atoms with van der Waals surface area (Å²) < 4.78 is 2.10. The fourth-order valence-corrected chi connectivity index (χ4v) is 6.58. The van der Waals surface area contributed by atoms with Crippen molar-refractivity contribution in [3.63, 3.8) is 0 Å². The maximum Gasteiger partial charge on any atom is 0.174 e. The van der Waals surface area contributed by atoms with Crippen molar-refractivity contribution in [2.24, 2.45) is 0 Å². The van der Waals surface area contributed by atoms with Crippen LogP contribution in [0.4, 0.5) is 0 Å². The van der Waals surface area contributed by atoms with E-state index in [1.807, 2.05) is 44.2 Å². The van der Waals surface area contributed by atoms with Crippen LogP contribution in [-0.2, 0) is 12.8 Å². The Morgan fingerprint density at radius 1 is 1.20 bits per heavy atom. The summed E-state index contributed by atoms with van der Waals surface area (Å²) in [6.07, 6.45) is 5.04. The molecule has 0 aliphatic heterocycles. The van der Waals surface area contributed by atoms with Gasteiger partial charge in [-0.15, -0.1) is 11.3 Å². The van der Waals surface area contributed by atoms with E-state index < -0.39 is 0 Å². The zero-order chi connectivity index (χ0) is 20.8. The molecule has 0 saturated heterocycles. The highest BCUT2D eigenvalue weighted by Gasteiger charge is 2.22. The monoisotopic (exact) mass is 453 g/mol. The number of benzene rings is 1. The molecule has 30 heavy (non-hydrogen) atoms. The Kier molecular flexibility index (Phi) is 5.17. The summed E-state index contributed by atoms with van der Waals surface area (Å²) in [7, 11) is 0. The Morgan fingerprint density at radius 2 is 2.00 bits per heavy atom. The zero-order valence-electron chi connectivity index (χ0n) is 16.7. The number of carbonyl (C=O) groups is 1. The number of halogens is 1. The lowest BCUT2D eigenvalue weighted by molar-refractivity contribution is 0.102. The van der Waals surface area contributed by atoms with Crippen LogP contribution in [0.25, 0.3) is 15.9 Å². The van der Waals surface area contributed by atoms with E-state index in [1.54, 1.807) is 17.7 Å². The molecule has 3 heterocycles. The molecule has 0 spiro atoms. The van der Waals surface area contributed by atoms with Crippen LogP contribution in [0.3, 0.4) is 0 Å². The molecule has 0 N–H and O–H groups in total. The number of aryl methyl sites for hydroxylation is 3. The summed E-state index contributed by atoms with van der Waals surface area (Å²) in [6, 6.07) is 9.66. The molecule has 0 saturated carbocycles. The quantitative estimate of drug-likeness (QED) is 0.204. The summed E-state index contributed by atoms with van der Waals surface area (Å²) >= 11 is 9.33. The number of ketones is 1. The first-order valence-corrected chi connectivity index (χ1v) is 12.1. The second-order valence-corrected chi connectivity index (χ2v) is 10.0. The Labute approximate surface area is 188 Å². The van der Waals surface area contributed by atoms with Crippen LogP contribution in [0.1, 0.15) is 38.6 Å². The second-order valence-electron chi connectivity index (χ2n) is 7.52. The number of fused-ring (bicyclic) bond motifs is 3. The third kappa shape index (κ3) is 3.37. The fourth-order valence-electron chi connectivity index (χ4n) is 4.25. The minimum absolute atomic E-state index is 0.118. The third-order valence-corrected chi connectivity index (χ3v) is 8.06. The summed E-state index contributed by atoms with van der Waals surface area (Å²) in [5.41, 5.74) is 5.14. The first-order chi connectivity index (χ1) is 14.5. The first kappa shape index (κ1) is 19.8. The molecule has 0 amide bonds. The van der Waals surface area contributed by atoms with Crippen molar-refractivity contribution in [3.8, 4) is 5.69 Å². The predicted molar refractivity (Wildman–Crippen MR) is 125 cm³/mol. The highest BCUT2D eigenvalue weighted by molar-refractivity contribution is 8.00. The van der Waals surface area contributed by atoms with Crippen molar-refractivity contribution in [3.05, 3.63) is 69.1 Å². The standard InChI is InChI=1S/C23H20ClN3OS2/c1-13-10-18(14(2)27(13)16-8-6-15(24)7-9-16)19(28)11-29-22-21-17-4-3-5-20(17)30-23(21)26-12-25-22/h6-10,12H,3-5,11H2,1-2H3. The molecule has 0 fully saturated rings. The minimum Gasteiger partial charge on any atom is -0.318 e. The van der Waals surface area contributed by atoms with Crippen LogP contribution in [0.5, 0.6) is 0 Å². The lowest BCUT2D eigenvalue weighted by Gasteiger charge is -2.10. The van der Waals surface area contributed by atoms with E-state index in [4.69, 9.17) is 11.6 Å². The van der Waals surface area contributed by atoms with Gasteiger partial charge in [0.15, 0.2) is 5.78 Å². The second kappa shape index (κ2) is 7.84. The number of thiophene rings is 1. The molecule has 7 heteroatoms. The van der Waals surface area contributed by atoms with Gasteiger partial charge in [0, 0.05) is 37.9 Å². The molecule has 1 aliphatic rings. The molecule has 3 aromatic heterocycles. The molecular weight excluding hydrogens is 434 g/mol. The fraction of sp³-hybridized carbons (Fsp3) is 0.261. The van der Waals surface area contributed by atoms with Crippen LogP contribution >= 0.6 is 34.7 Å². The Morgan fingerprint density at radius 3 is 2.80 bits per heavy atom. The normalized spacial score (nSPS) is 13.2. The number of carbonyl (C=O) groups excluding carboxylic acids is 1. The largest absolute Gasteiger partial charge is 0.318 e. The van der Waals surface area contributed by atoms with Gasteiger partial charge < -0.3 is 4.57 Å². The van der Waals surface area contributed by atoms with Crippen LogP contribution in [0.2, 0.25) is 5.02 Å². The van der Waals surface area contributed by atoms with Crippen molar-refractivity contribution in [1.29, 1.82) is 0 Å². The minimum atomic E-state index is 0.118.